The van der Waals surface area contributed by atoms with Crippen molar-refractivity contribution < 1.29 is 23.8 Å². The zero-order valence-corrected chi connectivity index (χ0v) is 16.7. The molecule has 0 spiro atoms. The van der Waals surface area contributed by atoms with Gasteiger partial charge in [0.05, 0.1) is 12.2 Å². The molecule has 1 aliphatic rings. The number of anilines is 1. The number of carbonyl (C=O) groups excluding carboxylic acids is 1. The largest absolute Gasteiger partial charge is 0.479 e. The van der Waals surface area contributed by atoms with E-state index in [0.717, 1.165) is 10.8 Å². The molecule has 0 bridgehead atoms. The van der Waals surface area contributed by atoms with Gasteiger partial charge in [-0.3, -0.25) is 14.8 Å². The molecule has 170 valence electrons. The molecule has 9 N–H and O–H groups in total. The summed E-state index contributed by atoms with van der Waals surface area (Å²) in [5, 5.41) is 19.3. The number of nitrogen functional groups attached to an aromatic ring is 1. The van der Waals surface area contributed by atoms with Crippen molar-refractivity contribution >= 4 is 23.7 Å². The van der Waals surface area contributed by atoms with E-state index in [0.29, 0.717) is 13.0 Å². The van der Waals surface area contributed by atoms with Crippen LogP contribution in [0.25, 0.3) is 0 Å². The number of hydrogen-bond acceptors (Lipinski definition) is 8. The molecule has 0 radical (unpaired) electrons. The van der Waals surface area contributed by atoms with Gasteiger partial charge in [-0.1, -0.05) is 6.08 Å². The molecule has 1 aromatic heterocycles. The number of nitrogens with zero attached hydrogens (tertiary/aromatic N) is 3. The summed E-state index contributed by atoms with van der Waals surface area (Å²) >= 11 is 0. The molecule has 0 fully saturated rings. The number of guanidine groups is 1. The molecule has 4 atom stereocenters. The summed E-state index contributed by atoms with van der Waals surface area (Å²) in [7, 11) is 1.61. The van der Waals surface area contributed by atoms with Gasteiger partial charge in [0.15, 0.2) is 29.9 Å². The Morgan fingerprint density at radius 3 is 2.77 bits per heavy atom. The van der Waals surface area contributed by atoms with Crippen molar-refractivity contribution in [3.05, 3.63) is 34.7 Å². The van der Waals surface area contributed by atoms with Crippen LogP contribution in [-0.2, 0) is 14.3 Å². The number of rotatable bonds is 8. The highest BCUT2D eigenvalue weighted by molar-refractivity contribution is 5.80. The number of aromatic nitrogens is 2. The Balaban J connectivity index is 2.05. The highest BCUT2D eigenvalue weighted by atomic mass is 19.1. The maximum absolute atomic E-state index is 13.7. The third-order valence-electron chi connectivity index (χ3n) is 4.57. The molecule has 1 aromatic rings. The van der Waals surface area contributed by atoms with Gasteiger partial charge in [0.2, 0.25) is 5.91 Å². The third-order valence-corrected chi connectivity index (χ3v) is 4.57. The summed E-state index contributed by atoms with van der Waals surface area (Å²) in [6.45, 7) is 0.372. The molecule has 1 aliphatic heterocycles. The highest BCUT2D eigenvalue weighted by Gasteiger charge is 2.35. The zero-order valence-electron chi connectivity index (χ0n) is 16.7. The summed E-state index contributed by atoms with van der Waals surface area (Å²) in [5.74, 6) is -3.60. The van der Waals surface area contributed by atoms with Crippen molar-refractivity contribution in [3.63, 3.8) is 0 Å². The number of hydrogen-bond donors (Lipinski definition) is 6. The van der Waals surface area contributed by atoms with Gasteiger partial charge in [-0.05, 0) is 12.5 Å². The molecule has 4 unspecified atom stereocenters. The van der Waals surface area contributed by atoms with E-state index < -0.39 is 53.6 Å². The van der Waals surface area contributed by atoms with E-state index in [4.69, 9.17) is 27.3 Å². The van der Waals surface area contributed by atoms with E-state index in [2.05, 4.69) is 10.3 Å². The maximum atomic E-state index is 13.7. The quantitative estimate of drug-likeness (QED) is 0.147. The molecular formula is C17H25FN8O5. The van der Waals surface area contributed by atoms with Crippen molar-refractivity contribution in [2.75, 3.05) is 19.3 Å². The van der Waals surface area contributed by atoms with Crippen molar-refractivity contribution in [2.24, 2.45) is 11.5 Å². The van der Waals surface area contributed by atoms with Crippen LogP contribution in [0, 0.1) is 11.2 Å². The van der Waals surface area contributed by atoms with E-state index in [9.17, 15) is 23.9 Å². The summed E-state index contributed by atoms with van der Waals surface area (Å²) < 4.78 is 19.8. The lowest BCUT2D eigenvalue weighted by Gasteiger charge is -2.31. The van der Waals surface area contributed by atoms with E-state index in [1.807, 2.05) is 0 Å². The number of nitrogens with one attached hydrogen (secondary N) is 2. The Morgan fingerprint density at radius 1 is 1.48 bits per heavy atom. The van der Waals surface area contributed by atoms with Gasteiger partial charge in [-0.25, -0.2) is 14.0 Å². The predicted molar refractivity (Wildman–Crippen MR) is 107 cm³/mol. The van der Waals surface area contributed by atoms with Gasteiger partial charge < -0.3 is 37.3 Å². The number of carboxylic acid groups (broad SMARTS) is 1. The van der Waals surface area contributed by atoms with E-state index >= 15 is 0 Å². The standard InChI is InChI=1S/C17H25FN8O5/c1-25(16(21)22)5-4-8(19)6-11(27)23-10-2-3-12(31-13(10)15(28)29)26-7-9(18)14(20)24-17(26)30/h2-3,7-8,10,12-13H,4-6,19H2,1H3,(H3,21,22)(H,23,27)(H,28,29)(H2,20,24,30). The Morgan fingerprint density at radius 2 is 2.16 bits per heavy atom. The van der Waals surface area contributed by atoms with Crippen LogP contribution in [0.15, 0.2) is 23.1 Å². The monoisotopic (exact) mass is 440 g/mol. The summed E-state index contributed by atoms with van der Waals surface area (Å²) in [6, 6.07) is -1.59. The normalized spacial score (nSPS) is 21.3. The minimum atomic E-state index is -1.55. The second-order valence-electron chi connectivity index (χ2n) is 6.99. The van der Waals surface area contributed by atoms with Crippen molar-refractivity contribution in [3.8, 4) is 0 Å². The number of carbonyl (C=O) groups is 2. The first kappa shape index (κ1) is 23.8. The van der Waals surface area contributed by atoms with Crippen molar-refractivity contribution in [2.45, 2.75) is 37.3 Å². The van der Waals surface area contributed by atoms with Crippen LogP contribution < -0.4 is 28.2 Å². The SMILES string of the molecule is CN(CCC(N)CC(=O)NC1C=CC(n2cc(F)c(N)nc2=O)OC1C(=O)O)C(=N)N. The number of halogens is 1. The Labute approximate surface area is 176 Å². The summed E-state index contributed by atoms with van der Waals surface area (Å²) in [4.78, 5) is 40.6. The molecule has 14 heteroatoms. The maximum Gasteiger partial charge on any atom is 0.352 e. The zero-order chi connectivity index (χ0) is 23.3. The van der Waals surface area contributed by atoms with Crippen LogP contribution in [-0.4, -0.2) is 69.2 Å². The fourth-order valence-electron chi connectivity index (χ4n) is 2.79. The fraction of sp³-hybridized carbons (Fsp3) is 0.471. The second-order valence-corrected chi connectivity index (χ2v) is 6.99. The Kier molecular flexibility index (Phi) is 7.66. The molecule has 31 heavy (non-hydrogen) atoms. The minimum Gasteiger partial charge on any atom is -0.479 e. The molecule has 13 nitrogen and oxygen atoms in total. The summed E-state index contributed by atoms with van der Waals surface area (Å²) in [5.41, 5.74) is 15.5. The van der Waals surface area contributed by atoms with Gasteiger partial charge in [-0.2, -0.15) is 4.98 Å². The molecule has 0 aromatic carbocycles. The number of amides is 1. The second kappa shape index (κ2) is 9.99. The number of aliphatic carboxylic acids is 1. The smallest absolute Gasteiger partial charge is 0.352 e. The van der Waals surface area contributed by atoms with Gasteiger partial charge >= 0.3 is 11.7 Å². The number of carboxylic acids is 1. The third kappa shape index (κ3) is 6.23. The fourth-order valence-corrected chi connectivity index (χ4v) is 2.79. The van der Waals surface area contributed by atoms with Gasteiger partial charge in [0.25, 0.3) is 0 Å². The van der Waals surface area contributed by atoms with Crippen LogP contribution in [0.3, 0.4) is 0 Å². The molecule has 0 aliphatic carbocycles. The first-order chi connectivity index (χ1) is 14.5. The first-order valence-corrected chi connectivity index (χ1v) is 9.20. The molecule has 2 heterocycles. The topological polar surface area (TPSA) is 216 Å². The molecule has 1 amide bonds. The molecule has 2 rings (SSSR count). The van der Waals surface area contributed by atoms with Crippen molar-refractivity contribution in [1.29, 1.82) is 5.41 Å². The lowest BCUT2D eigenvalue weighted by atomic mass is 10.1. The first-order valence-electron chi connectivity index (χ1n) is 9.20. The van der Waals surface area contributed by atoms with E-state index in [1.54, 1.807) is 7.05 Å². The van der Waals surface area contributed by atoms with Gasteiger partial charge in [-0.15, -0.1) is 0 Å². The molecule has 0 saturated carbocycles. The van der Waals surface area contributed by atoms with Crippen molar-refractivity contribution in [1.82, 2.24) is 19.8 Å². The highest BCUT2D eigenvalue weighted by Crippen LogP contribution is 2.21. The lowest BCUT2D eigenvalue weighted by molar-refractivity contribution is -0.159. The Hall–Kier alpha value is -3.52. The molecular weight excluding hydrogens is 415 g/mol. The number of ether oxygens (including phenoxy) is 1. The van der Waals surface area contributed by atoms with Crippen LogP contribution >= 0.6 is 0 Å². The van der Waals surface area contributed by atoms with E-state index in [1.165, 1.54) is 17.1 Å². The minimum absolute atomic E-state index is 0.0988. The number of nitrogens with two attached hydrogens (primary N) is 3. The Bertz CT molecular complexity index is 936. The lowest BCUT2D eigenvalue weighted by Crippen LogP contribution is -2.51. The summed E-state index contributed by atoms with van der Waals surface area (Å²) in [6.07, 6.45) is 0.863. The van der Waals surface area contributed by atoms with Gasteiger partial charge in [0, 0.05) is 26.1 Å². The van der Waals surface area contributed by atoms with Gasteiger partial charge in [0.1, 0.15) is 0 Å². The molecule has 0 saturated heterocycles. The van der Waals surface area contributed by atoms with Crippen LogP contribution in [0.2, 0.25) is 0 Å². The average molecular weight is 440 g/mol. The van der Waals surface area contributed by atoms with Crippen LogP contribution in [0.1, 0.15) is 19.1 Å². The average Bonchev–Trinajstić information content (AvgIpc) is 2.68. The van der Waals surface area contributed by atoms with Crippen LogP contribution in [0.5, 0.6) is 0 Å². The predicted octanol–water partition coefficient (Wildman–Crippen LogP) is -2.08. The van der Waals surface area contributed by atoms with E-state index in [-0.39, 0.29) is 12.4 Å². The van der Waals surface area contributed by atoms with Crippen LogP contribution in [0.4, 0.5) is 10.2 Å².